The second kappa shape index (κ2) is 4.40. The molecule has 0 aromatic carbocycles. The quantitative estimate of drug-likeness (QED) is 0.661. The van der Waals surface area contributed by atoms with Gasteiger partial charge in [-0.15, -0.1) is 0 Å². The van der Waals surface area contributed by atoms with Crippen molar-refractivity contribution in [1.29, 1.82) is 0 Å². The molecule has 0 spiro atoms. The van der Waals surface area contributed by atoms with Gasteiger partial charge in [-0.3, -0.25) is 4.79 Å². The fourth-order valence-corrected chi connectivity index (χ4v) is 5.34. The highest BCUT2D eigenvalue weighted by Crippen LogP contribution is 2.63. The van der Waals surface area contributed by atoms with E-state index >= 15 is 0 Å². The molecule has 3 aliphatic carbocycles. The van der Waals surface area contributed by atoms with Crippen molar-refractivity contribution >= 4 is 5.78 Å². The van der Waals surface area contributed by atoms with Crippen LogP contribution in [-0.2, 0) is 4.79 Å². The maximum atomic E-state index is 12.4. The van der Waals surface area contributed by atoms with Gasteiger partial charge < -0.3 is 0 Å². The van der Waals surface area contributed by atoms with E-state index in [9.17, 15) is 4.79 Å². The molecule has 0 aliphatic heterocycles. The summed E-state index contributed by atoms with van der Waals surface area (Å²) in [5.74, 6) is 3.29. The Morgan fingerprint density at radius 1 is 1.24 bits per heavy atom. The molecule has 3 saturated carbocycles. The summed E-state index contributed by atoms with van der Waals surface area (Å²) in [5.41, 5.74) is 0.172. The van der Waals surface area contributed by atoms with Crippen molar-refractivity contribution in [2.24, 2.45) is 23.2 Å². The molecule has 0 aromatic heterocycles. The van der Waals surface area contributed by atoms with Crippen molar-refractivity contribution in [1.82, 2.24) is 0 Å². The van der Waals surface area contributed by atoms with Gasteiger partial charge in [0, 0.05) is 11.8 Å². The Morgan fingerprint density at radius 2 is 2.12 bits per heavy atom. The fourth-order valence-electron chi connectivity index (χ4n) is 5.34. The normalized spacial score (nSPS) is 44.1. The maximum Gasteiger partial charge on any atom is 0.139 e. The van der Waals surface area contributed by atoms with E-state index < -0.39 is 0 Å². The molecule has 96 valence electrons. The van der Waals surface area contributed by atoms with E-state index in [0.717, 1.165) is 24.2 Å². The third-order valence-corrected chi connectivity index (χ3v) is 6.04. The van der Waals surface area contributed by atoms with Crippen molar-refractivity contribution in [3.05, 3.63) is 0 Å². The van der Waals surface area contributed by atoms with E-state index in [4.69, 9.17) is 0 Å². The number of ketones is 1. The Hall–Kier alpha value is -0.330. The first kappa shape index (κ1) is 11.7. The highest BCUT2D eigenvalue weighted by molar-refractivity contribution is 5.87. The van der Waals surface area contributed by atoms with Crippen LogP contribution >= 0.6 is 0 Å². The van der Waals surface area contributed by atoms with Crippen molar-refractivity contribution in [3.63, 3.8) is 0 Å². The third kappa shape index (κ3) is 1.69. The molecule has 3 fully saturated rings. The minimum absolute atomic E-state index is 0.172. The zero-order chi connectivity index (χ0) is 11.9. The van der Waals surface area contributed by atoms with Gasteiger partial charge in [0.2, 0.25) is 0 Å². The highest BCUT2D eigenvalue weighted by atomic mass is 16.1. The minimum Gasteiger partial charge on any atom is -0.299 e. The maximum absolute atomic E-state index is 12.4. The largest absolute Gasteiger partial charge is 0.299 e. The molecule has 0 heterocycles. The lowest BCUT2D eigenvalue weighted by Gasteiger charge is -2.30. The highest BCUT2D eigenvalue weighted by Gasteiger charge is 2.59. The number of hydrogen-bond acceptors (Lipinski definition) is 1. The van der Waals surface area contributed by atoms with Gasteiger partial charge in [-0.05, 0) is 43.4 Å². The molecule has 17 heavy (non-hydrogen) atoms. The second-order valence-corrected chi connectivity index (χ2v) is 6.74. The number of rotatable bonds is 4. The number of carbonyl (C=O) groups is 1. The Labute approximate surface area is 105 Å². The molecule has 0 amide bonds. The van der Waals surface area contributed by atoms with Gasteiger partial charge in [-0.2, -0.15) is 0 Å². The standard InChI is InChI=1S/C16H26O/c1-2-3-4-10-16-11-12-6-5-7-13(12)14(16)8-9-15(16)17/h12-14H,2-11H2,1H3/t12-,13-,14+,16-/m1/s1. The predicted molar refractivity (Wildman–Crippen MR) is 69.8 cm³/mol. The number of hydrogen-bond donors (Lipinski definition) is 0. The van der Waals surface area contributed by atoms with Gasteiger partial charge in [-0.1, -0.05) is 39.0 Å². The van der Waals surface area contributed by atoms with E-state index in [1.54, 1.807) is 0 Å². The Bertz CT molecular complexity index is 309. The first-order valence-corrected chi connectivity index (χ1v) is 7.81. The lowest BCUT2D eigenvalue weighted by molar-refractivity contribution is -0.127. The van der Waals surface area contributed by atoms with Crippen LogP contribution in [0, 0.1) is 23.2 Å². The lowest BCUT2D eigenvalue weighted by Crippen LogP contribution is -2.30. The summed E-state index contributed by atoms with van der Waals surface area (Å²) in [6.07, 6.45) is 12.8. The van der Waals surface area contributed by atoms with Gasteiger partial charge in [0.1, 0.15) is 5.78 Å². The molecule has 0 bridgehead atoms. The van der Waals surface area contributed by atoms with Crippen molar-refractivity contribution in [2.45, 2.75) is 71.1 Å². The van der Waals surface area contributed by atoms with Gasteiger partial charge in [-0.25, -0.2) is 0 Å². The van der Waals surface area contributed by atoms with E-state index in [2.05, 4.69) is 6.92 Å². The Balaban J connectivity index is 1.77. The minimum atomic E-state index is 0.172. The zero-order valence-electron chi connectivity index (χ0n) is 11.2. The molecule has 3 aliphatic rings. The van der Waals surface area contributed by atoms with Gasteiger partial charge >= 0.3 is 0 Å². The monoisotopic (exact) mass is 234 g/mol. The first-order chi connectivity index (χ1) is 8.28. The lowest BCUT2D eigenvalue weighted by atomic mass is 9.73. The van der Waals surface area contributed by atoms with Crippen molar-refractivity contribution in [2.75, 3.05) is 0 Å². The smallest absolute Gasteiger partial charge is 0.139 e. The van der Waals surface area contributed by atoms with Gasteiger partial charge in [0.15, 0.2) is 0 Å². The van der Waals surface area contributed by atoms with Crippen LogP contribution in [0.3, 0.4) is 0 Å². The van der Waals surface area contributed by atoms with Crippen LogP contribution in [0.5, 0.6) is 0 Å². The molecule has 0 saturated heterocycles. The van der Waals surface area contributed by atoms with E-state index in [1.165, 1.54) is 57.8 Å². The summed E-state index contributed by atoms with van der Waals surface area (Å²) in [7, 11) is 0. The molecule has 0 unspecified atom stereocenters. The van der Waals surface area contributed by atoms with Crippen LogP contribution in [-0.4, -0.2) is 5.78 Å². The molecule has 0 radical (unpaired) electrons. The molecule has 1 heteroatoms. The Morgan fingerprint density at radius 3 is 2.94 bits per heavy atom. The molecular weight excluding hydrogens is 208 g/mol. The van der Waals surface area contributed by atoms with Gasteiger partial charge in [0.05, 0.1) is 0 Å². The SMILES string of the molecule is CCCCC[C@@]12C[C@H]3CCC[C@H]3[C@@H]1CCC2=O. The predicted octanol–water partition coefficient (Wildman–Crippen LogP) is 4.35. The average Bonchev–Trinajstić information content (AvgIpc) is 2.92. The third-order valence-electron chi connectivity index (χ3n) is 6.04. The summed E-state index contributed by atoms with van der Waals surface area (Å²) >= 11 is 0. The molecular formula is C16H26O. The topological polar surface area (TPSA) is 17.1 Å². The zero-order valence-corrected chi connectivity index (χ0v) is 11.2. The fraction of sp³-hybridized carbons (Fsp3) is 0.938. The molecule has 4 atom stereocenters. The molecule has 3 rings (SSSR count). The average molecular weight is 234 g/mol. The van der Waals surface area contributed by atoms with E-state index in [0.29, 0.717) is 5.78 Å². The summed E-state index contributed by atoms with van der Waals surface area (Å²) in [6.45, 7) is 2.26. The molecule has 1 nitrogen and oxygen atoms in total. The van der Waals surface area contributed by atoms with Crippen LogP contribution in [0.15, 0.2) is 0 Å². The summed E-state index contributed by atoms with van der Waals surface area (Å²) < 4.78 is 0. The molecule has 0 N–H and O–H groups in total. The number of fused-ring (bicyclic) bond motifs is 3. The van der Waals surface area contributed by atoms with Gasteiger partial charge in [0.25, 0.3) is 0 Å². The van der Waals surface area contributed by atoms with Crippen LogP contribution < -0.4 is 0 Å². The van der Waals surface area contributed by atoms with Crippen LogP contribution in [0.2, 0.25) is 0 Å². The van der Waals surface area contributed by atoms with Crippen molar-refractivity contribution < 1.29 is 4.79 Å². The summed E-state index contributed by atoms with van der Waals surface area (Å²) in [4.78, 5) is 12.4. The first-order valence-electron chi connectivity index (χ1n) is 7.81. The van der Waals surface area contributed by atoms with E-state index in [1.807, 2.05) is 0 Å². The summed E-state index contributed by atoms with van der Waals surface area (Å²) in [5, 5.41) is 0. The van der Waals surface area contributed by atoms with Crippen molar-refractivity contribution in [3.8, 4) is 0 Å². The Kier molecular flexibility index (Phi) is 3.04. The number of Topliss-reactive ketones (excluding diaryl/α,β-unsaturated/α-hetero) is 1. The van der Waals surface area contributed by atoms with Crippen LogP contribution in [0.25, 0.3) is 0 Å². The van der Waals surface area contributed by atoms with Crippen LogP contribution in [0.4, 0.5) is 0 Å². The number of unbranched alkanes of at least 4 members (excludes halogenated alkanes) is 2. The molecule has 0 aromatic rings. The van der Waals surface area contributed by atoms with Crippen LogP contribution in [0.1, 0.15) is 71.1 Å². The second-order valence-electron chi connectivity index (χ2n) is 6.74. The number of carbonyl (C=O) groups excluding carboxylic acids is 1. The summed E-state index contributed by atoms with van der Waals surface area (Å²) in [6, 6.07) is 0. The van der Waals surface area contributed by atoms with E-state index in [-0.39, 0.29) is 5.41 Å².